The van der Waals surface area contributed by atoms with Gasteiger partial charge in [-0.2, -0.15) is 0 Å². The standard InChI is InChI=1S/C15H21NO5/c1-15(2,3)21-13(14(18)19)12(16-9-17)10-5-7-11(20-4)8-6-10/h5-9,12-13H,1-4H3,(H,16,17)(H,18,19). The summed E-state index contributed by atoms with van der Waals surface area (Å²) in [6.07, 6.45) is -0.722. The van der Waals surface area contributed by atoms with E-state index >= 15 is 0 Å². The maximum absolute atomic E-state index is 11.5. The van der Waals surface area contributed by atoms with Crippen molar-refractivity contribution in [3.63, 3.8) is 0 Å². The molecule has 0 aliphatic heterocycles. The van der Waals surface area contributed by atoms with Crippen LogP contribution in [0.4, 0.5) is 0 Å². The smallest absolute Gasteiger partial charge is 0.335 e. The Labute approximate surface area is 124 Å². The molecule has 0 spiro atoms. The van der Waals surface area contributed by atoms with Gasteiger partial charge in [-0.3, -0.25) is 4.79 Å². The van der Waals surface area contributed by atoms with Crippen LogP contribution in [0.15, 0.2) is 24.3 Å². The second-order valence-corrected chi connectivity index (χ2v) is 5.52. The highest BCUT2D eigenvalue weighted by Gasteiger charge is 2.33. The van der Waals surface area contributed by atoms with Crippen LogP contribution in [0.1, 0.15) is 32.4 Å². The van der Waals surface area contributed by atoms with Crippen LogP contribution >= 0.6 is 0 Å². The normalized spacial score (nSPS) is 14.1. The molecule has 116 valence electrons. The molecule has 2 atom stereocenters. The Morgan fingerprint density at radius 2 is 1.86 bits per heavy atom. The quantitative estimate of drug-likeness (QED) is 0.749. The van der Waals surface area contributed by atoms with Gasteiger partial charge < -0.3 is 19.9 Å². The Hall–Kier alpha value is -2.08. The topological polar surface area (TPSA) is 84.9 Å². The van der Waals surface area contributed by atoms with Crippen molar-refractivity contribution in [2.45, 2.75) is 38.5 Å². The van der Waals surface area contributed by atoms with Crippen molar-refractivity contribution in [2.24, 2.45) is 0 Å². The van der Waals surface area contributed by atoms with Crippen molar-refractivity contribution < 1.29 is 24.2 Å². The van der Waals surface area contributed by atoms with E-state index in [0.29, 0.717) is 17.7 Å². The monoisotopic (exact) mass is 295 g/mol. The Morgan fingerprint density at radius 1 is 1.29 bits per heavy atom. The van der Waals surface area contributed by atoms with E-state index in [-0.39, 0.29) is 0 Å². The number of nitrogens with one attached hydrogen (secondary N) is 1. The third kappa shape index (κ3) is 5.07. The number of carboxylic acid groups (broad SMARTS) is 1. The highest BCUT2D eigenvalue weighted by Crippen LogP contribution is 2.25. The number of hydrogen-bond acceptors (Lipinski definition) is 4. The number of carbonyl (C=O) groups is 2. The lowest BCUT2D eigenvalue weighted by Gasteiger charge is -2.30. The van der Waals surface area contributed by atoms with Crippen LogP contribution in [0.5, 0.6) is 5.75 Å². The van der Waals surface area contributed by atoms with E-state index < -0.39 is 23.7 Å². The second-order valence-electron chi connectivity index (χ2n) is 5.52. The molecule has 0 heterocycles. The first-order valence-electron chi connectivity index (χ1n) is 6.53. The Bertz CT molecular complexity index is 478. The highest BCUT2D eigenvalue weighted by molar-refractivity contribution is 5.74. The average molecular weight is 295 g/mol. The van der Waals surface area contributed by atoms with E-state index in [0.717, 1.165) is 0 Å². The van der Waals surface area contributed by atoms with Crippen LogP contribution in [0, 0.1) is 0 Å². The zero-order valence-corrected chi connectivity index (χ0v) is 12.6. The van der Waals surface area contributed by atoms with Crippen molar-refractivity contribution in [1.29, 1.82) is 0 Å². The van der Waals surface area contributed by atoms with Gasteiger partial charge in [0.15, 0.2) is 6.10 Å². The zero-order valence-electron chi connectivity index (χ0n) is 12.6. The molecule has 0 saturated heterocycles. The predicted molar refractivity (Wildman–Crippen MR) is 77.2 cm³/mol. The van der Waals surface area contributed by atoms with Gasteiger partial charge in [-0.1, -0.05) is 12.1 Å². The van der Waals surface area contributed by atoms with Crippen LogP contribution in [0.3, 0.4) is 0 Å². The maximum atomic E-state index is 11.5. The third-order valence-corrected chi connectivity index (χ3v) is 2.75. The first-order chi connectivity index (χ1) is 9.78. The molecule has 0 bridgehead atoms. The molecule has 0 radical (unpaired) electrons. The van der Waals surface area contributed by atoms with Gasteiger partial charge in [0, 0.05) is 0 Å². The summed E-state index contributed by atoms with van der Waals surface area (Å²) in [6.45, 7) is 5.28. The zero-order chi connectivity index (χ0) is 16.0. The van der Waals surface area contributed by atoms with Crippen molar-refractivity contribution in [1.82, 2.24) is 5.32 Å². The molecule has 1 aromatic rings. The number of ether oxygens (including phenoxy) is 2. The van der Waals surface area contributed by atoms with Gasteiger partial charge in [-0.15, -0.1) is 0 Å². The SMILES string of the molecule is COc1ccc(C(NC=O)C(OC(C)(C)C)C(=O)O)cc1. The van der Waals surface area contributed by atoms with Gasteiger partial charge in [0.1, 0.15) is 5.75 Å². The summed E-state index contributed by atoms with van der Waals surface area (Å²) in [5.74, 6) is -0.493. The summed E-state index contributed by atoms with van der Waals surface area (Å²) in [5.41, 5.74) is -0.0298. The molecular weight excluding hydrogens is 274 g/mol. The van der Waals surface area contributed by atoms with Gasteiger partial charge in [0.05, 0.1) is 18.8 Å². The minimum atomic E-state index is -1.19. The number of rotatable bonds is 7. The first-order valence-corrected chi connectivity index (χ1v) is 6.53. The summed E-state index contributed by atoms with van der Waals surface area (Å²) in [5, 5.41) is 11.9. The fourth-order valence-electron chi connectivity index (χ4n) is 1.88. The second kappa shape index (κ2) is 7.08. The van der Waals surface area contributed by atoms with Crippen LogP contribution in [-0.2, 0) is 14.3 Å². The highest BCUT2D eigenvalue weighted by atomic mass is 16.5. The lowest BCUT2D eigenvalue weighted by molar-refractivity contribution is -0.163. The number of carboxylic acids is 1. The molecule has 0 fully saturated rings. The molecule has 6 nitrogen and oxygen atoms in total. The molecule has 1 rings (SSSR count). The Morgan fingerprint density at radius 3 is 2.24 bits per heavy atom. The fourth-order valence-corrected chi connectivity index (χ4v) is 1.88. The lowest BCUT2D eigenvalue weighted by atomic mass is 10.00. The Kier molecular flexibility index (Phi) is 5.72. The van der Waals surface area contributed by atoms with Gasteiger partial charge in [0.2, 0.25) is 6.41 Å². The van der Waals surface area contributed by atoms with Crippen molar-refractivity contribution >= 4 is 12.4 Å². The number of carbonyl (C=O) groups excluding carboxylic acids is 1. The summed E-state index contributed by atoms with van der Waals surface area (Å²) in [4.78, 5) is 22.3. The molecular formula is C15H21NO5. The van der Waals surface area contributed by atoms with E-state index in [9.17, 15) is 14.7 Å². The summed E-state index contributed by atoms with van der Waals surface area (Å²) in [6, 6.07) is 6.00. The fraction of sp³-hybridized carbons (Fsp3) is 0.467. The van der Waals surface area contributed by atoms with E-state index in [1.807, 2.05) is 0 Å². The lowest BCUT2D eigenvalue weighted by Crippen LogP contribution is -2.43. The number of amides is 1. The average Bonchev–Trinajstić information content (AvgIpc) is 2.41. The van der Waals surface area contributed by atoms with Crippen LogP contribution < -0.4 is 10.1 Å². The molecule has 21 heavy (non-hydrogen) atoms. The molecule has 0 aliphatic carbocycles. The largest absolute Gasteiger partial charge is 0.497 e. The van der Waals surface area contributed by atoms with Gasteiger partial charge in [0.25, 0.3) is 0 Å². The van der Waals surface area contributed by atoms with Gasteiger partial charge in [-0.25, -0.2) is 4.79 Å². The van der Waals surface area contributed by atoms with Crippen molar-refractivity contribution in [3.05, 3.63) is 29.8 Å². The number of benzene rings is 1. The molecule has 0 aromatic heterocycles. The molecule has 0 saturated carbocycles. The summed E-state index contributed by atoms with van der Waals surface area (Å²) >= 11 is 0. The molecule has 6 heteroatoms. The van der Waals surface area contributed by atoms with Crippen LogP contribution in [0.2, 0.25) is 0 Å². The van der Waals surface area contributed by atoms with Gasteiger partial charge >= 0.3 is 5.97 Å². The summed E-state index contributed by atoms with van der Waals surface area (Å²) < 4.78 is 10.6. The molecule has 1 aromatic carbocycles. The maximum Gasteiger partial charge on any atom is 0.335 e. The van der Waals surface area contributed by atoms with E-state index in [1.165, 1.54) is 0 Å². The Balaban J connectivity index is 3.10. The van der Waals surface area contributed by atoms with E-state index in [4.69, 9.17) is 9.47 Å². The predicted octanol–water partition coefficient (Wildman–Crippen LogP) is 1.75. The van der Waals surface area contributed by atoms with Crippen molar-refractivity contribution in [3.8, 4) is 5.75 Å². The van der Waals surface area contributed by atoms with Crippen LogP contribution in [-0.4, -0.2) is 36.3 Å². The summed E-state index contributed by atoms with van der Waals surface area (Å²) in [7, 11) is 1.54. The third-order valence-electron chi connectivity index (χ3n) is 2.75. The number of methoxy groups -OCH3 is 1. The van der Waals surface area contributed by atoms with E-state index in [1.54, 1.807) is 52.1 Å². The van der Waals surface area contributed by atoms with Crippen LogP contribution in [0.25, 0.3) is 0 Å². The molecule has 2 unspecified atom stereocenters. The molecule has 0 aliphatic rings. The minimum Gasteiger partial charge on any atom is -0.497 e. The first kappa shape index (κ1) is 17.0. The number of aliphatic carboxylic acids is 1. The van der Waals surface area contributed by atoms with E-state index in [2.05, 4.69) is 5.32 Å². The molecule has 2 N–H and O–H groups in total. The molecule has 1 amide bonds. The minimum absolute atomic E-state index is 0.469. The van der Waals surface area contributed by atoms with Crippen molar-refractivity contribution in [2.75, 3.05) is 7.11 Å². The van der Waals surface area contributed by atoms with Gasteiger partial charge in [-0.05, 0) is 38.5 Å². The number of hydrogen-bond donors (Lipinski definition) is 2.